The molecule has 0 spiro atoms. The van der Waals surface area contributed by atoms with Crippen molar-refractivity contribution in [3.8, 4) is 0 Å². The number of nitrogens with zero attached hydrogens (tertiary/aromatic N) is 1. The van der Waals surface area contributed by atoms with Crippen LogP contribution in [0.2, 0.25) is 0 Å². The number of hydrogen-bond acceptors (Lipinski definition) is 3. The predicted molar refractivity (Wildman–Crippen MR) is 109 cm³/mol. The van der Waals surface area contributed by atoms with Crippen LogP contribution in [-0.4, -0.2) is 11.3 Å². The van der Waals surface area contributed by atoms with E-state index in [-0.39, 0.29) is 0 Å². The quantitative estimate of drug-likeness (QED) is 0.455. The molecule has 0 heterocycles. The second-order valence-corrected chi connectivity index (χ2v) is 6.86. The maximum Gasteiger partial charge on any atom is 0.103 e. The van der Waals surface area contributed by atoms with Gasteiger partial charge in [-0.1, -0.05) is 49.4 Å². The first-order valence-corrected chi connectivity index (χ1v) is 9.42. The smallest absolute Gasteiger partial charge is 0.103 e. The first-order chi connectivity index (χ1) is 11.4. The monoisotopic (exact) mass is 338 g/mol. The number of aryl methyl sites for hydroxylation is 3. The van der Waals surface area contributed by atoms with Gasteiger partial charge in [-0.3, -0.25) is 0 Å². The number of hydrogen-bond donors (Lipinski definition) is 1. The zero-order chi connectivity index (χ0) is 17.7. The Bertz CT molecular complexity index is 758. The summed E-state index contributed by atoms with van der Waals surface area (Å²) in [7, 11) is 0. The van der Waals surface area contributed by atoms with E-state index >= 15 is 0 Å². The molecular formula is C21H26N2S. The molecule has 0 saturated carbocycles. The molecule has 2 aromatic carbocycles. The van der Waals surface area contributed by atoms with Crippen LogP contribution in [0.3, 0.4) is 0 Å². The summed E-state index contributed by atoms with van der Waals surface area (Å²) in [6.45, 7) is 10.5. The van der Waals surface area contributed by atoms with Crippen LogP contribution in [-0.2, 0) is 12.8 Å². The summed E-state index contributed by atoms with van der Waals surface area (Å²) < 4.78 is 0. The van der Waals surface area contributed by atoms with Crippen molar-refractivity contribution < 1.29 is 0 Å². The molecular weight excluding hydrogens is 312 g/mol. The van der Waals surface area contributed by atoms with E-state index in [4.69, 9.17) is 10.7 Å². The van der Waals surface area contributed by atoms with E-state index in [1.54, 1.807) is 11.8 Å². The van der Waals surface area contributed by atoms with Crippen LogP contribution in [0.5, 0.6) is 0 Å². The van der Waals surface area contributed by atoms with E-state index in [0.29, 0.717) is 0 Å². The van der Waals surface area contributed by atoms with E-state index in [1.165, 1.54) is 16.7 Å². The number of aliphatic imine (C=N–C) groups is 1. The Balaban J connectivity index is 2.25. The maximum atomic E-state index is 6.03. The van der Waals surface area contributed by atoms with Crippen molar-refractivity contribution >= 4 is 22.5 Å². The van der Waals surface area contributed by atoms with Crippen LogP contribution in [0.1, 0.15) is 34.7 Å². The third-order valence-corrected chi connectivity index (χ3v) is 4.83. The van der Waals surface area contributed by atoms with Gasteiger partial charge >= 0.3 is 0 Å². The van der Waals surface area contributed by atoms with Crippen LogP contribution in [0.4, 0.5) is 5.69 Å². The lowest BCUT2D eigenvalue weighted by molar-refractivity contribution is 1.03. The summed E-state index contributed by atoms with van der Waals surface area (Å²) in [4.78, 5) is 4.77. The van der Waals surface area contributed by atoms with Gasteiger partial charge in [0, 0.05) is 23.4 Å². The summed E-state index contributed by atoms with van der Waals surface area (Å²) >= 11 is 1.65. The Morgan fingerprint density at radius 1 is 1.12 bits per heavy atom. The van der Waals surface area contributed by atoms with Gasteiger partial charge in [0.05, 0.1) is 0 Å². The molecule has 0 bridgehead atoms. The van der Waals surface area contributed by atoms with Gasteiger partial charge in [-0.05, 0) is 49.3 Å². The van der Waals surface area contributed by atoms with E-state index in [9.17, 15) is 0 Å². The van der Waals surface area contributed by atoms with E-state index in [0.717, 1.165) is 40.4 Å². The van der Waals surface area contributed by atoms with Crippen molar-refractivity contribution in [3.05, 3.63) is 76.5 Å². The van der Waals surface area contributed by atoms with Crippen molar-refractivity contribution in [3.63, 3.8) is 0 Å². The molecule has 126 valence electrons. The zero-order valence-corrected chi connectivity index (χ0v) is 15.8. The average Bonchev–Trinajstić information content (AvgIpc) is 2.56. The third-order valence-electron chi connectivity index (χ3n) is 4.12. The van der Waals surface area contributed by atoms with Crippen LogP contribution >= 0.6 is 11.8 Å². The molecule has 3 heteroatoms. The summed E-state index contributed by atoms with van der Waals surface area (Å²) in [5.74, 6) is 0. The number of anilines is 1. The van der Waals surface area contributed by atoms with Crippen LogP contribution in [0.25, 0.3) is 0 Å². The minimum Gasteiger partial charge on any atom is -0.399 e. The highest BCUT2D eigenvalue weighted by atomic mass is 32.2. The van der Waals surface area contributed by atoms with Gasteiger partial charge in [0.1, 0.15) is 5.04 Å². The largest absolute Gasteiger partial charge is 0.399 e. The maximum absolute atomic E-state index is 6.03. The van der Waals surface area contributed by atoms with Gasteiger partial charge in [-0.25, -0.2) is 4.99 Å². The summed E-state index contributed by atoms with van der Waals surface area (Å²) in [5, 5.41) is 1.00. The van der Waals surface area contributed by atoms with Crippen molar-refractivity contribution in [1.82, 2.24) is 0 Å². The van der Waals surface area contributed by atoms with Gasteiger partial charge in [0.25, 0.3) is 0 Å². The topological polar surface area (TPSA) is 38.4 Å². The van der Waals surface area contributed by atoms with Crippen LogP contribution < -0.4 is 5.73 Å². The molecule has 2 N–H and O–H groups in total. The first-order valence-electron chi connectivity index (χ1n) is 8.20. The second-order valence-electron chi connectivity index (χ2n) is 6.06. The number of rotatable bonds is 5. The molecule has 0 aliphatic heterocycles. The lowest BCUT2D eigenvalue weighted by Gasteiger charge is -2.12. The highest BCUT2D eigenvalue weighted by Gasteiger charge is 2.08. The molecule has 0 aliphatic carbocycles. The molecule has 2 aromatic rings. The minimum atomic E-state index is 0.750. The number of thioether (sulfide) groups is 1. The lowest BCUT2D eigenvalue weighted by atomic mass is 9.97. The fourth-order valence-electron chi connectivity index (χ4n) is 2.65. The number of benzene rings is 2. The van der Waals surface area contributed by atoms with Gasteiger partial charge in [0.2, 0.25) is 0 Å². The molecule has 0 saturated heterocycles. The Morgan fingerprint density at radius 2 is 1.79 bits per heavy atom. The summed E-state index contributed by atoms with van der Waals surface area (Å²) in [5.41, 5.74) is 13.8. The van der Waals surface area contributed by atoms with Crippen LogP contribution in [0, 0.1) is 13.8 Å². The lowest BCUT2D eigenvalue weighted by Crippen LogP contribution is -2.01. The number of nitrogens with two attached hydrogens (primary N) is 1. The van der Waals surface area contributed by atoms with E-state index in [2.05, 4.69) is 63.1 Å². The van der Waals surface area contributed by atoms with E-state index < -0.39 is 0 Å². The number of allylic oxidation sites excluding steroid dienone is 1. The van der Waals surface area contributed by atoms with Gasteiger partial charge in [-0.2, -0.15) is 0 Å². The Morgan fingerprint density at radius 3 is 2.38 bits per heavy atom. The SMILES string of the molecule is C=C(Cc1cc(C)c(N)cc1CC)N=C(SC)c1ccc(C)cc1. The standard InChI is InChI=1S/C21H26N2S/c1-6-17-13-20(22)15(3)11-19(17)12-16(4)23-21(24-5)18-9-7-14(2)8-10-18/h7-11,13H,4,6,12,22H2,1-3,5H3. The fourth-order valence-corrected chi connectivity index (χ4v) is 3.24. The molecule has 0 amide bonds. The normalized spacial score (nSPS) is 11.6. The fraction of sp³-hybridized carbons (Fsp3) is 0.286. The van der Waals surface area contributed by atoms with Gasteiger partial charge in [0.15, 0.2) is 0 Å². The molecule has 2 nitrogen and oxygen atoms in total. The van der Waals surface area contributed by atoms with Gasteiger partial charge < -0.3 is 5.73 Å². The molecule has 0 radical (unpaired) electrons. The number of nitrogen functional groups attached to an aromatic ring is 1. The Hall–Kier alpha value is -2.00. The highest BCUT2D eigenvalue weighted by Crippen LogP contribution is 2.23. The first kappa shape index (κ1) is 18.3. The molecule has 0 aliphatic rings. The molecule has 2 rings (SSSR count). The summed E-state index contributed by atoms with van der Waals surface area (Å²) in [6, 6.07) is 12.7. The third kappa shape index (κ3) is 4.51. The summed E-state index contributed by atoms with van der Waals surface area (Å²) in [6.07, 6.45) is 3.77. The highest BCUT2D eigenvalue weighted by molar-refractivity contribution is 8.13. The molecule has 0 atom stereocenters. The van der Waals surface area contributed by atoms with Crippen LogP contribution in [0.15, 0.2) is 53.7 Å². The minimum absolute atomic E-state index is 0.750. The van der Waals surface area contributed by atoms with E-state index in [1.807, 2.05) is 6.92 Å². The zero-order valence-electron chi connectivity index (χ0n) is 15.0. The van der Waals surface area contributed by atoms with Crippen molar-refractivity contribution in [1.29, 1.82) is 0 Å². The molecule has 0 fully saturated rings. The van der Waals surface area contributed by atoms with Crippen molar-refractivity contribution in [2.45, 2.75) is 33.6 Å². The van der Waals surface area contributed by atoms with Crippen molar-refractivity contribution in [2.75, 3.05) is 12.0 Å². The second kappa shape index (κ2) is 8.20. The molecule has 0 aromatic heterocycles. The van der Waals surface area contributed by atoms with Gasteiger partial charge in [-0.15, -0.1) is 11.8 Å². The Kier molecular flexibility index (Phi) is 6.27. The molecule has 24 heavy (non-hydrogen) atoms. The van der Waals surface area contributed by atoms with Crippen molar-refractivity contribution in [2.24, 2.45) is 4.99 Å². The average molecular weight is 339 g/mol. The Labute approximate surface area is 149 Å². The molecule has 0 unspecified atom stereocenters. The predicted octanol–water partition coefficient (Wildman–Crippen LogP) is 5.31.